The number of amides is 1. The van der Waals surface area contributed by atoms with Gasteiger partial charge in [-0.1, -0.05) is 24.6 Å². The summed E-state index contributed by atoms with van der Waals surface area (Å²) in [4.78, 5) is 12.5. The number of nitrogens with one attached hydrogen (secondary N) is 1. The molecule has 0 bridgehead atoms. The molecule has 12 heteroatoms. The highest BCUT2D eigenvalue weighted by Gasteiger charge is 2.26. The molecular formula is C23H30FN3O6S2. The fourth-order valence-corrected chi connectivity index (χ4v) is 5.89. The molecule has 1 saturated heterocycles. The van der Waals surface area contributed by atoms with Gasteiger partial charge in [-0.2, -0.15) is 8.61 Å². The van der Waals surface area contributed by atoms with Gasteiger partial charge in [0.25, 0.3) is 0 Å². The van der Waals surface area contributed by atoms with Crippen molar-refractivity contribution in [1.29, 1.82) is 0 Å². The van der Waals surface area contributed by atoms with E-state index in [1.807, 2.05) is 0 Å². The van der Waals surface area contributed by atoms with Gasteiger partial charge in [0, 0.05) is 25.2 Å². The van der Waals surface area contributed by atoms with Crippen LogP contribution in [0.2, 0.25) is 0 Å². The maximum absolute atomic E-state index is 13.9. The lowest BCUT2D eigenvalue weighted by Gasteiger charge is -2.25. The molecule has 2 aromatic rings. The second-order valence-electron chi connectivity index (χ2n) is 8.26. The van der Waals surface area contributed by atoms with Crippen molar-refractivity contribution in [3.05, 3.63) is 59.9 Å². The summed E-state index contributed by atoms with van der Waals surface area (Å²) in [6, 6.07) is 11.9. The van der Waals surface area contributed by atoms with Crippen LogP contribution >= 0.6 is 0 Å². The fourth-order valence-electron chi connectivity index (χ4n) is 3.64. The number of piperidine rings is 1. The Hall–Kier alpha value is -2.54. The molecule has 0 atom stereocenters. The van der Waals surface area contributed by atoms with E-state index in [4.69, 9.17) is 4.74 Å². The Morgan fingerprint density at radius 3 is 2.31 bits per heavy atom. The van der Waals surface area contributed by atoms with E-state index in [1.54, 1.807) is 18.2 Å². The number of rotatable bonds is 11. The molecule has 0 aliphatic carbocycles. The zero-order valence-corrected chi connectivity index (χ0v) is 21.2. The Morgan fingerprint density at radius 1 is 1.03 bits per heavy atom. The molecule has 1 aliphatic heterocycles. The van der Waals surface area contributed by atoms with E-state index in [0.29, 0.717) is 18.8 Å². The van der Waals surface area contributed by atoms with Gasteiger partial charge in [-0.15, -0.1) is 0 Å². The molecule has 3 rings (SSSR count). The van der Waals surface area contributed by atoms with Gasteiger partial charge in [-0.25, -0.2) is 21.2 Å². The fraction of sp³-hybridized carbons (Fsp3) is 0.435. The maximum atomic E-state index is 13.9. The first-order valence-corrected chi connectivity index (χ1v) is 14.5. The summed E-state index contributed by atoms with van der Waals surface area (Å²) in [6.07, 6.45) is 3.71. The number of halogens is 1. The molecule has 192 valence electrons. The van der Waals surface area contributed by atoms with Gasteiger partial charge in [-0.05, 0) is 43.2 Å². The van der Waals surface area contributed by atoms with Gasteiger partial charge in [0.2, 0.25) is 26.0 Å². The summed E-state index contributed by atoms with van der Waals surface area (Å²) in [6.45, 7) is 0.521. The molecule has 1 heterocycles. The number of ether oxygens (including phenoxy) is 1. The van der Waals surface area contributed by atoms with Crippen molar-refractivity contribution in [1.82, 2.24) is 13.9 Å². The minimum Gasteiger partial charge on any atom is -0.492 e. The van der Waals surface area contributed by atoms with Gasteiger partial charge in [0.15, 0.2) is 0 Å². The summed E-state index contributed by atoms with van der Waals surface area (Å²) < 4.78 is 71.3. The van der Waals surface area contributed by atoms with E-state index < -0.39 is 38.3 Å². The van der Waals surface area contributed by atoms with Crippen LogP contribution in [-0.2, 0) is 31.4 Å². The van der Waals surface area contributed by atoms with Gasteiger partial charge in [-0.3, -0.25) is 4.79 Å². The number of nitrogens with zero attached hydrogens (tertiary/aromatic N) is 2. The molecule has 0 unspecified atom stereocenters. The molecule has 2 aromatic carbocycles. The average Bonchev–Trinajstić information content (AvgIpc) is 2.83. The zero-order valence-electron chi connectivity index (χ0n) is 19.5. The van der Waals surface area contributed by atoms with Crippen molar-refractivity contribution < 1.29 is 30.8 Å². The summed E-state index contributed by atoms with van der Waals surface area (Å²) in [5.41, 5.74) is 0.166. The first-order chi connectivity index (χ1) is 16.6. The van der Waals surface area contributed by atoms with Crippen molar-refractivity contribution in [3.63, 3.8) is 0 Å². The number of hydrogen-bond donors (Lipinski definition) is 1. The van der Waals surface area contributed by atoms with Gasteiger partial charge < -0.3 is 10.1 Å². The van der Waals surface area contributed by atoms with Crippen LogP contribution < -0.4 is 10.1 Å². The van der Waals surface area contributed by atoms with Gasteiger partial charge in [0.05, 0.1) is 24.2 Å². The number of carbonyl (C=O) groups is 1. The zero-order chi connectivity index (χ0) is 25.5. The highest BCUT2D eigenvalue weighted by atomic mass is 32.2. The van der Waals surface area contributed by atoms with Gasteiger partial charge in [0.1, 0.15) is 18.2 Å². The molecule has 1 amide bonds. The number of benzene rings is 2. The van der Waals surface area contributed by atoms with Crippen LogP contribution in [0.3, 0.4) is 0 Å². The third-order valence-corrected chi connectivity index (χ3v) is 8.67. The molecule has 0 radical (unpaired) electrons. The largest absolute Gasteiger partial charge is 0.492 e. The summed E-state index contributed by atoms with van der Waals surface area (Å²) in [7, 11) is -7.27. The quantitative estimate of drug-likeness (QED) is 0.447. The van der Waals surface area contributed by atoms with E-state index in [9.17, 15) is 26.0 Å². The third-order valence-electron chi connectivity index (χ3n) is 5.56. The van der Waals surface area contributed by atoms with E-state index in [-0.39, 0.29) is 30.2 Å². The third kappa shape index (κ3) is 7.72. The summed E-state index contributed by atoms with van der Waals surface area (Å²) in [5, 5.41) is 2.57. The number of hydrogen-bond acceptors (Lipinski definition) is 6. The van der Waals surface area contributed by atoms with E-state index >= 15 is 0 Å². The minimum absolute atomic E-state index is 0.0934. The molecule has 0 aromatic heterocycles. The second kappa shape index (κ2) is 11.9. The van der Waals surface area contributed by atoms with E-state index in [0.717, 1.165) is 29.8 Å². The SMILES string of the molecule is CS(=O)(=O)N(CC(=O)NCCOc1ccc(S(=O)(=O)N2CCCCC2)cc1)Cc1ccccc1F. The molecule has 35 heavy (non-hydrogen) atoms. The summed E-state index contributed by atoms with van der Waals surface area (Å²) >= 11 is 0. The Kier molecular flexibility index (Phi) is 9.22. The second-order valence-corrected chi connectivity index (χ2v) is 12.2. The standard InChI is InChI=1S/C23H30FN3O6S2/c1-34(29,30)27(17-19-7-3-4-8-22(19)24)18-23(28)25-13-16-33-20-9-11-21(12-10-20)35(31,32)26-14-5-2-6-15-26/h3-4,7-12H,2,5-6,13-18H2,1H3,(H,25,28). The van der Waals surface area contributed by atoms with Crippen molar-refractivity contribution in [2.75, 3.05) is 39.0 Å². The first kappa shape index (κ1) is 27.1. The van der Waals surface area contributed by atoms with Crippen LogP contribution in [0.15, 0.2) is 53.4 Å². The Morgan fingerprint density at radius 2 is 1.69 bits per heavy atom. The van der Waals surface area contributed by atoms with Crippen LogP contribution in [0.1, 0.15) is 24.8 Å². The highest BCUT2D eigenvalue weighted by molar-refractivity contribution is 7.89. The Balaban J connectivity index is 1.47. The van der Waals surface area contributed by atoms with Gasteiger partial charge >= 0.3 is 0 Å². The van der Waals surface area contributed by atoms with Crippen molar-refractivity contribution in [2.45, 2.75) is 30.7 Å². The first-order valence-electron chi connectivity index (χ1n) is 11.3. The lowest BCUT2D eigenvalue weighted by Crippen LogP contribution is -2.41. The Labute approximate surface area is 206 Å². The maximum Gasteiger partial charge on any atom is 0.243 e. The molecule has 0 spiro atoms. The van der Waals surface area contributed by atoms with E-state index in [1.165, 1.54) is 34.6 Å². The minimum atomic E-state index is -3.75. The lowest BCUT2D eigenvalue weighted by atomic mass is 10.2. The smallest absolute Gasteiger partial charge is 0.243 e. The van der Waals surface area contributed by atoms with Crippen LogP contribution in [0.25, 0.3) is 0 Å². The monoisotopic (exact) mass is 527 g/mol. The van der Waals surface area contributed by atoms with Crippen molar-refractivity contribution in [2.24, 2.45) is 0 Å². The average molecular weight is 528 g/mol. The number of sulfonamides is 2. The highest BCUT2D eigenvalue weighted by Crippen LogP contribution is 2.22. The van der Waals surface area contributed by atoms with Crippen LogP contribution in [0, 0.1) is 5.82 Å². The molecule has 1 aliphatic rings. The summed E-state index contributed by atoms with van der Waals surface area (Å²) in [5.74, 6) is -0.669. The van der Waals surface area contributed by atoms with Crippen molar-refractivity contribution >= 4 is 26.0 Å². The lowest BCUT2D eigenvalue weighted by molar-refractivity contribution is -0.121. The predicted molar refractivity (Wildman–Crippen MR) is 129 cm³/mol. The predicted octanol–water partition coefficient (Wildman–Crippen LogP) is 1.96. The van der Waals surface area contributed by atoms with E-state index in [2.05, 4.69) is 5.32 Å². The molecule has 0 saturated carbocycles. The van der Waals surface area contributed by atoms with Crippen molar-refractivity contribution in [3.8, 4) is 5.75 Å². The van der Waals surface area contributed by atoms with Crippen LogP contribution in [-0.4, -0.2) is 70.4 Å². The number of carbonyl (C=O) groups excluding carboxylic acids is 1. The molecule has 1 N–H and O–H groups in total. The molecular weight excluding hydrogens is 497 g/mol. The Bertz CT molecular complexity index is 1210. The molecule has 1 fully saturated rings. The van der Waals surface area contributed by atoms with Crippen LogP contribution in [0.4, 0.5) is 4.39 Å². The molecule has 9 nitrogen and oxygen atoms in total. The van der Waals surface area contributed by atoms with Crippen LogP contribution in [0.5, 0.6) is 5.75 Å². The normalized spacial score (nSPS) is 15.2. The topological polar surface area (TPSA) is 113 Å².